The van der Waals surface area contributed by atoms with E-state index in [0.717, 1.165) is 4.88 Å². The van der Waals surface area contributed by atoms with E-state index in [1.54, 1.807) is 0 Å². The predicted molar refractivity (Wildman–Crippen MR) is 62.5 cm³/mol. The Morgan fingerprint density at radius 3 is 2.00 bits per heavy atom. The van der Waals surface area contributed by atoms with Crippen LogP contribution in [0.2, 0.25) is 0 Å². The van der Waals surface area contributed by atoms with Gasteiger partial charge in [-0.15, -0.1) is 11.3 Å². The zero-order valence-electron chi connectivity index (χ0n) is 10.0. The van der Waals surface area contributed by atoms with Gasteiger partial charge in [-0.05, 0) is 39.1 Å². The summed E-state index contributed by atoms with van der Waals surface area (Å²) in [4.78, 5) is 0.934. The lowest BCUT2D eigenvalue weighted by molar-refractivity contribution is -0.222. The summed E-state index contributed by atoms with van der Waals surface area (Å²) in [5, 5.41) is 24.9. The van der Waals surface area contributed by atoms with Crippen LogP contribution in [0.4, 0.5) is 0 Å². The quantitative estimate of drug-likeness (QED) is 0.795. The van der Waals surface area contributed by atoms with Gasteiger partial charge in [-0.1, -0.05) is 6.07 Å². The van der Waals surface area contributed by atoms with Crippen LogP contribution >= 0.6 is 11.3 Å². The molecule has 0 radical (unpaired) electrons. The number of hydrogen-bond donors (Lipinski definition) is 2. The molecule has 0 spiro atoms. The number of hydroxylamine groups is 4. The van der Waals surface area contributed by atoms with Gasteiger partial charge in [0.15, 0.2) is 0 Å². The monoisotopic (exact) mass is 242 g/mol. The van der Waals surface area contributed by atoms with Crippen molar-refractivity contribution in [3.05, 3.63) is 22.4 Å². The third-order valence-corrected chi connectivity index (χ3v) is 4.82. The Bertz CT molecular complexity index is 355. The molecule has 1 aromatic rings. The Kier molecular flexibility index (Phi) is 2.64. The van der Waals surface area contributed by atoms with Crippen molar-refractivity contribution in [3.63, 3.8) is 0 Å². The first-order valence-corrected chi connectivity index (χ1v) is 6.18. The Hall–Kier alpha value is -0.460. The molecular weight excluding hydrogens is 224 g/mol. The average Bonchev–Trinajstić information content (AvgIpc) is 2.73. The van der Waals surface area contributed by atoms with Gasteiger partial charge in [0.05, 0.1) is 11.1 Å². The van der Waals surface area contributed by atoms with Crippen LogP contribution in [0, 0.1) is 0 Å². The van der Waals surface area contributed by atoms with Gasteiger partial charge in [-0.25, -0.2) is 0 Å². The van der Waals surface area contributed by atoms with Crippen molar-refractivity contribution in [3.8, 4) is 0 Å². The van der Waals surface area contributed by atoms with Gasteiger partial charge in [0.2, 0.25) is 0 Å². The second-order valence-electron chi connectivity index (χ2n) is 5.20. The van der Waals surface area contributed by atoms with E-state index >= 15 is 0 Å². The first-order valence-electron chi connectivity index (χ1n) is 5.30. The summed E-state index contributed by atoms with van der Waals surface area (Å²) >= 11 is 1.53. The molecule has 1 aliphatic heterocycles. The van der Waals surface area contributed by atoms with Gasteiger partial charge >= 0.3 is 0 Å². The molecular formula is C11H18N2O2S. The summed E-state index contributed by atoms with van der Waals surface area (Å²) in [6, 6.07) is 3.83. The van der Waals surface area contributed by atoms with Crippen molar-refractivity contribution >= 4 is 11.3 Å². The fourth-order valence-electron chi connectivity index (χ4n) is 1.95. The number of thiophene rings is 1. The molecule has 1 saturated heterocycles. The van der Waals surface area contributed by atoms with E-state index in [2.05, 4.69) is 0 Å². The molecule has 0 amide bonds. The molecule has 2 N–H and O–H groups in total. The highest BCUT2D eigenvalue weighted by molar-refractivity contribution is 7.10. The number of nitrogens with zero attached hydrogens (tertiary/aromatic N) is 2. The molecule has 4 nitrogen and oxygen atoms in total. The molecule has 5 heteroatoms. The molecule has 90 valence electrons. The third-order valence-electron chi connectivity index (χ3n) is 3.90. The minimum absolute atomic E-state index is 0.481. The first-order chi connectivity index (χ1) is 7.30. The summed E-state index contributed by atoms with van der Waals surface area (Å²) in [6.45, 7) is 7.68. The Morgan fingerprint density at radius 1 is 1.12 bits per heavy atom. The van der Waals surface area contributed by atoms with Gasteiger partial charge in [0, 0.05) is 4.88 Å². The van der Waals surface area contributed by atoms with Gasteiger partial charge in [0.1, 0.15) is 6.17 Å². The lowest BCUT2D eigenvalue weighted by Gasteiger charge is -2.37. The van der Waals surface area contributed by atoms with Crippen molar-refractivity contribution in [1.82, 2.24) is 10.1 Å². The van der Waals surface area contributed by atoms with Gasteiger partial charge in [-0.3, -0.25) is 0 Å². The lowest BCUT2D eigenvalue weighted by Crippen LogP contribution is -2.52. The van der Waals surface area contributed by atoms with Crippen LogP contribution < -0.4 is 0 Å². The fourth-order valence-corrected chi connectivity index (χ4v) is 2.75. The second-order valence-corrected chi connectivity index (χ2v) is 6.18. The van der Waals surface area contributed by atoms with Crippen molar-refractivity contribution in [2.24, 2.45) is 0 Å². The van der Waals surface area contributed by atoms with Gasteiger partial charge in [-0.2, -0.15) is 10.1 Å². The Labute approximate surface area is 99.6 Å². The summed E-state index contributed by atoms with van der Waals surface area (Å²) in [5.74, 6) is 0. The van der Waals surface area contributed by atoms with E-state index < -0.39 is 17.2 Å². The van der Waals surface area contributed by atoms with Gasteiger partial charge in [0.25, 0.3) is 0 Å². The zero-order chi connectivity index (χ0) is 12.1. The average molecular weight is 242 g/mol. The number of rotatable bonds is 1. The van der Waals surface area contributed by atoms with E-state index in [0.29, 0.717) is 0 Å². The van der Waals surface area contributed by atoms with Crippen LogP contribution in [0.1, 0.15) is 38.7 Å². The third kappa shape index (κ3) is 1.36. The molecule has 2 rings (SSSR count). The summed E-state index contributed by atoms with van der Waals surface area (Å²) < 4.78 is 0. The predicted octanol–water partition coefficient (Wildman–Crippen LogP) is 2.70. The SMILES string of the molecule is CC1(C)N(O)C(c2cccs2)N(O)C1(C)C. The lowest BCUT2D eigenvalue weighted by atomic mass is 9.84. The largest absolute Gasteiger partial charge is 0.311 e. The van der Waals surface area contributed by atoms with Crippen LogP contribution in [-0.2, 0) is 0 Å². The second kappa shape index (κ2) is 3.51. The first kappa shape index (κ1) is 12.0. The van der Waals surface area contributed by atoms with Crippen LogP contribution in [0.25, 0.3) is 0 Å². The molecule has 2 heterocycles. The van der Waals surface area contributed by atoms with E-state index in [1.807, 2.05) is 45.2 Å². The zero-order valence-corrected chi connectivity index (χ0v) is 10.8. The molecule has 0 aromatic carbocycles. The molecule has 1 fully saturated rings. The molecule has 0 atom stereocenters. The topological polar surface area (TPSA) is 46.9 Å². The summed E-state index contributed by atoms with van der Waals surface area (Å²) in [6.07, 6.45) is -0.481. The highest BCUT2D eigenvalue weighted by Gasteiger charge is 2.58. The minimum Gasteiger partial charge on any atom is -0.311 e. The van der Waals surface area contributed by atoms with E-state index in [4.69, 9.17) is 0 Å². The highest BCUT2D eigenvalue weighted by Crippen LogP contribution is 2.48. The Morgan fingerprint density at radius 2 is 1.62 bits per heavy atom. The van der Waals surface area contributed by atoms with Crippen molar-refractivity contribution in [2.45, 2.75) is 44.9 Å². The number of hydrogen-bond acceptors (Lipinski definition) is 5. The van der Waals surface area contributed by atoms with E-state index in [9.17, 15) is 10.4 Å². The van der Waals surface area contributed by atoms with Crippen molar-refractivity contribution in [1.29, 1.82) is 0 Å². The molecule has 0 saturated carbocycles. The Balaban J connectivity index is 2.44. The molecule has 1 aliphatic rings. The van der Waals surface area contributed by atoms with Crippen LogP contribution in [0.15, 0.2) is 17.5 Å². The van der Waals surface area contributed by atoms with Crippen LogP contribution in [0.3, 0.4) is 0 Å². The molecule has 1 aromatic heterocycles. The highest BCUT2D eigenvalue weighted by atomic mass is 32.1. The van der Waals surface area contributed by atoms with Crippen molar-refractivity contribution in [2.75, 3.05) is 0 Å². The smallest absolute Gasteiger partial charge is 0.145 e. The maximum Gasteiger partial charge on any atom is 0.145 e. The fraction of sp³-hybridized carbons (Fsp3) is 0.636. The standard InChI is InChI=1S/C11H18N2O2S/c1-10(2)11(3,4)13(15)9(12(10)14)8-6-5-7-16-8/h5-7,9,14-15H,1-4H3. The molecule has 0 bridgehead atoms. The normalized spacial score (nSPS) is 26.4. The molecule has 16 heavy (non-hydrogen) atoms. The molecule has 0 aliphatic carbocycles. The van der Waals surface area contributed by atoms with Crippen molar-refractivity contribution < 1.29 is 10.4 Å². The van der Waals surface area contributed by atoms with Crippen LogP contribution in [-0.4, -0.2) is 31.6 Å². The summed E-state index contributed by atoms with van der Waals surface area (Å²) in [5.41, 5.74) is -1.03. The minimum atomic E-state index is -0.517. The van der Waals surface area contributed by atoms with Crippen LogP contribution in [0.5, 0.6) is 0 Å². The van der Waals surface area contributed by atoms with E-state index in [1.165, 1.54) is 21.5 Å². The maximum absolute atomic E-state index is 10.2. The summed E-state index contributed by atoms with van der Waals surface area (Å²) in [7, 11) is 0. The van der Waals surface area contributed by atoms with Gasteiger partial charge < -0.3 is 10.4 Å². The van der Waals surface area contributed by atoms with E-state index in [-0.39, 0.29) is 0 Å². The maximum atomic E-state index is 10.2. The molecule has 0 unspecified atom stereocenters.